The van der Waals surface area contributed by atoms with Gasteiger partial charge in [0.2, 0.25) is 11.8 Å². The molecular formula is C23H20N2O6S2. The van der Waals surface area contributed by atoms with Crippen molar-refractivity contribution in [1.82, 2.24) is 4.57 Å². The quantitative estimate of drug-likeness (QED) is 0.405. The summed E-state index contributed by atoms with van der Waals surface area (Å²) in [4.78, 5) is 53.5. The summed E-state index contributed by atoms with van der Waals surface area (Å²) in [5.41, 5.74) is 1.53. The van der Waals surface area contributed by atoms with Crippen molar-refractivity contribution < 1.29 is 23.5 Å². The number of hydrogen-bond acceptors (Lipinski definition) is 8. The predicted octanol–water partition coefficient (Wildman–Crippen LogP) is 3.17. The third kappa shape index (κ3) is 3.53. The number of benzene rings is 1. The first-order chi connectivity index (χ1) is 15.9. The SMILES string of the molecule is CCOC(=O)Cn1c2c(sc1=O)[C@@H](c1ccco1)[C@@H]1C(=O)N(c3ccc(C)cc3)C(=O)[C@@H]1S2. The normalized spacial score (nSPS) is 21.8. The molecule has 10 heteroatoms. The summed E-state index contributed by atoms with van der Waals surface area (Å²) < 4.78 is 12.0. The van der Waals surface area contributed by atoms with Crippen LogP contribution in [-0.2, 0) is 25.7 Å². The van der Waals surface area contributed by atoms with Crippen molar-refractivity contribution in [2.24, 2.45) is 5.92 Å². The topological polar surface area (TPSA) is 98.8 Å². The molecule has 2 aliphatic heterocycles. The molecular weight excluding hydrogens is 464 g/mol. The molecule has 0 spiro atoms. The zero-order valence-electron chi connectivity index (χ0n) is 17.8. The van der Waals surface area contributed by atoms with Crippen LogP contribution in [0, 0.1) is 12.8 Å². The molecule has 3 atom stereocenters. The Bertz CT molecular complexity index is 1290. The molecule has 1 aromatic carbocycles. The molecule has 2 aromatic heterocycles. The van der Waals surface area contributed by atoms with E-state index in [1.165, 1.54) is 15.7 Å². The summed E-state index contributed by atoms with van der Waals surface area (Å²) in [5, 5.41) is -0.239. The zero-order chi connectivity index (χ0) is 23.3. The molecule has 0 aliphatic carbocycles. The highest BCUT2D eigenvalue weighted by atomic mass is 32.2. The van der Waals surface area contributed by atoms with E-state index in [1.807, 2.05) is 19.1 Å². The summed E-state index contributed by atoms with van der Waals surface area (Å²) in [5.74, 6) is -2.03. The van der Waals surface area contributed by atoms with E-state index in [0.29, 0.717) is 21.4 Å². The van der Waals surface area contributed by atoms with Crippen molar-refractivity contribution in [3.05, 3.63) is 68.5 Å². The van der Waals surface area contributed by atoms with Crippen molar-refractivity contribution in [2.45, 2.75) is 36.6 Å². The second kappa shape index (κ2) is 8.35. The molecule has 2 aliphatic rings. The number of carbonyl (C=O) groups is 3. The maximum Gasteiger partial charge on any atom is 0.326 e. The van der Waals surface area contributed by atoms with Gasteiger partial charge >= 0.3 is 10.8 Å². The fourth-order valence-electron chi connectivity index (χ4n) is 4.31. The summed E-state index contributed by atoms with van der Waals surface area (Å²) in [6.07, 6.45) is 1.50. The number of hydrogen-bond donors (Lipinski definition) is 0. The van der Waals surface area contributed by atoms with Crippen LogP contribution in [0.4, 0.5) is 5.69 Å². The first-order valence-electron chi connectivity index (χ1n) is 10.4. The van der Waals surface area contributed by atoms with Crippen molar-refractivity contribution in [1.29, 1.82) is 0 Å². The standard InChI is InChI=1S/C23H20N2O6S2/c1-3-30-15(26)11-24-22-19(33-23(24)29)16(14-5-4-10-31-14)17-18(32-22)21(28)25(20(17)27)13-8-6-12(2)7-9-13/h4-10,16-18H,3,11H2,1-2H3/t16-,17-,18+/m0/s1. The van der Waals surface area contributed by atoms with Gasteiger partial charge in [-0.15, -0.1) is 0 Å². The Morgan fingerprint density at radius 1 is 1.12 bits per heavy atom. The molecule has 0 N–H and O–H groups in total. The van der Waals surface area contributed by atoms with E-state index >= 15 is 0 Å². The maximum atomic E-state index is 13.6. The number of esters is 1. The highest BCUT2D eigenvalue weighted by Crippen LogP contribution is 2.53. The number of rotatable bonds is 5. The van der Waals surface area contributed by atoms with Gasteiger partial charge in [0.05, 0.1) is 40.3 Å². The fraction of sp³-hybridized carbons (Fsp3) is 0.304. The number of thioether (sulfide) groups is 1. The predicted molar refractivity (Wildman–Crippen MR) is 123 cm³/mol. The molecule has 33 heavy (non-hydrogen) atoms. The van der Waals surface area contributed by atoms with Gasteiger partial charge in [-0.2, -0.15) is 0 Å². The zero-order valence-corrected chi connectivity index (χ0v) is 19.5. The molecule has 0 saturated carbocycles. The fourth-order valence-corrected chi connectivity index (χ4v) is 7.07. The largest absolute Gasteiger partial charge is 0.469 e. The second-order valence-corrected chi connectivity index (χ2v) is 9.96. The molecule has 0 unspecified atom stereocenters. The summed E-state index contributed by atoms with van der Waals surface area (Å²) in [7, 11) is 0. The number of fused-ring (bicyclic) bond motifs is 2. The van der Waals surface area contributed by atoms with E-state index in [2.05, 4.69) is 0 Å². The number of imide groups is 1. The minimum absolute atomic E-state index is 0.200. The molecule has 0 radical (unpaired) electrons. The minimum atomic E-state index is -0.746. The van der Waals surface area contributed by atoms with Gasteiger partial charge in [-0.25, -0.2) is 4.90 Å². The molecule has 1 saturated heterocycles. The van der Waals surface area contributed by atoms with E-state index in [4.69, 9.17) is 9.15 Å². The molecule has 170 valence electrons. The monoisotopic (exact) mass is 484 g/mol. The lowest BCUT2D eigenvalue weighted by Crippen LogP contribution is -2.32. The van der Waals surface area contributed by atoms with Crippen LogP contribution in [0.15, 0.2) is 56.9 Å². The number of ether oxygens (including phenoxy) is 1. The van der Waals surface area contributed by atoms with E-state index in [0.717, 1.165) is 28.7 Å². The van der Waals surface area contributed by atoms with Gasteiger partial charge in [0, 0.05) is 0 Å². The maximum absolute atomic E-state index is 13.6. The van der Waals surface area contributed by atoms with Gasteiger partial charge in [-0.05, 0) is 38.1 Å². The van der Waals surface area contributed by atoms with Gasteiger partial charge in [0.25, 0.3) is 0 Å². The molecule has 1 fully saturated rings. The number of nitrogens with zero attached hydrogens (tertiary/aromatic N) is 2. The lowest BCUT2D eigenvalue weighted by Gasteiger charge is -2.28. The summed E-state index contributed by atoms with van der Waals surface area (Å²) in [6, 6.07) is 10.7. The smallest absolute Gasteiger partial charge is 0.326 e. The third-order valence-corrected chi connectivity index (χ3v) is 8.39. The number of aryl methyl sites for hydroxylation is 1. The lowest BCUT2D eigenvalue weighted by atomic mass is 9.87. The van der Waals surface area contributed by atoms with Crippen LogP contribution in [0.3, 0.4) is 0 Å². The van der Waals surface area contributed by atoms with E-state index < -0.39 is 23.1 Å². The second-order valence-electron chi connectivity index (χ2n) is 7.83. The van der Waals surface area contributed by atoms with Crippen LogP contribution in [0.1, 0.15) is 29.0 Å². The average Bonchev–Trinajstić information content (AvgIpc) is 3.48. The number of amides is 2. The third-order valence-electron chi connectivity index (χ3n) is 5.78. The van der Waals surface area contributed by atoms with Crippen LogP contribution < -0.4 is 9.77 Å². The van der Waals surface area contributed by atoms with Gasteiger partial charge in [-0.1, -0.05) is 40.8 Å². The van der Waals surface area contributed by atoms with Crippen LogP contribution in [0.25, 0.3) is 0 Å². The van der Waals surface area contributed by atoms with Gasteiger partial charge in [0.1, 0.15) is 17.6 Å². The molecule has 0 bridgehead atoms. The van der Waals surface area contributed by atoms with Crippen molar-refractivity contribution in [3.63, 3.8) is 0 Å². The Hall–Kier alpha value is -3.11. The Balaban J connectivity index is 1.61. The highest BCUT2D eigenvalue weighted by Gasteiger charge is 2.57. The Morgan fingerprint density at radius 2 is 1.88 bits per heavy atom. The lowest BCUT2D eigenvalue weighted by molar-refractivity contribution is -0.144. The Kier molecular flexibility index (Phi) is 5.49. The molecule has 2 amide bonds. The van der Waals surface area contributed by atoms with E-state index in [1.54, 1.807) is 31.2 Å². The number of carbonyl (C=O) groups excluding carboxylic acids is 3. The van der Waals surface area contributed by atoms with Crippen LogP contribution in [0.5, 0.6) is 0 Å². The number of anilines is 1. The summed E-state index contributed by atoms with van der Waals surface area (Å²) in [6.45, 7) is 3.57. The molecule has 5 rings (SSSR count). The van der Waals surface area contributed by atoms with Crippen molar-refractivity contribution in [2.75, 3.05) is 11.5 Å². The number of furan rings is 1. The Morgan fingerprint density at radius 3 is 2.55 bits per heavy atom. The molecule has 4 heterocycles. The molecule has 3 aromatic rings. The van der Waals surface area contributed by atoms with Gasteiger partial charge in [0.15, 0.2) is 0 Å². The van der Waals surface area contributed by atoms with E-state index in [-0.39, 0.29) is 29.8 Å². The number of thiazole rings is 1. The van der Waals surface area contributed by atoms with Gasteiger partial charge < -0.3 is 9.15 Å². The van der Waals surface area contributed by atoms with E-state index in [9.17, 15) is 19.2 Å². The highest BCUT2D eigenvalue weighted by molar-refractivity contribution is 8.00. The van der Waals surface area contributed by atoms with Gasteiger partial charge in [-0.3, -0.25) is 23.7 Å². The average molecular weight is 485 g/mol. The minimum Gasteiger partial charge on any atom is -0.469 e. The van der Waals surface area contributed by atoms with Crippen molar-refractivity contribution >= 4 is 46.6 Å². The van der Waals surface area contributed by atoms with Crippen molar-refractivity contribution in [3.8, 4) is 0 Å². The van der Waals surface area contributed by atoms with Crippen LogP contribution in [0.2, 0.25) is 0 Å². The molecule has 8 nitrogen and oxygen atoms in total. The Labute approximate surface area is 197 Å². The van der Waals surface area contributed by atoms with Crippen LogP contribution in [-0.4, -0.2) is 34.2 Å². The summed E-state index contributed by atoms with van der Waals surface area (Å²) >= 11 is 2.13. The first-order valence-corrected chi connectivity index (χ1v) is 12.1. The first kappa shape index (κ1) is 21.7. The van der Waals surface area contributed by atoms with Crippen LogP contribution >= 0.6 is 23.1 Å². The number of aromatic nitrogens is 1.